The maximum Gasteiger partial charge on any atom is 0.254 e. The largest absolute Gasteiger partial charge is 0.387 e. The van der Waals surface area contributed by atoms with E-state index in [1.165, 1.54) is 25.0 Å². The number of carbonyl (C=O) groups excluding carboxylic acids is 1. The van der Waals surface area contributed by atoms with Crippen LogP contribution in [0.25, 0.3) is 0 Å². The first kappa shape index (κ1) is 21.9. The Hall–Kier alpha value is -2.28. The first-order chi connectivity index (χ1) is 14.9. The van der Waals surface area contributed by atoms with Crippen molar-refractivity contribution in [3.8, 4) is 0 Å². The molecule has 2 aromatic rings. The summed E-state index contributed by atoms with van der Waals surface area (Å²) in [5.74, 6) is -0.244. The number of β-amino-alcohol motifs (C(OH)–C–C–N with tert-alkyl or cyclic N) is 1. The fourth-order valence-corrected chi connectivity index (χ4v) is 4.84. The predicted molar refractivity (Wildman–Crippen MR) is 119 cm³/mol. The van der Waals surface area contributed by atoms with Gasteiger partial charge in [0.2, 0.25) is 0 Å². The van der Waals surface area contributed by atoms with Gasteiger partial charge in [0.15, 0.2) is 0 Å². The van der Waals surface area contributed by atoms with E-state index in [0.29, 0.717) is 32.6 Å². The fourth-order valence-electron chi connectivity index (χ4n) is 4.84. The number of hydrogen-bond donors (Lipinski definition) is 1. The summed E-state index contributed by atoms with van der Waals surface area (Å²) >= 11 is 0. The molecule has 4 rings (SSSR count). The van der Waals surface area contributed by atoms with Crippen molar-refractivity contribution in [1.82, 2.24) is 14.7 Å². The first-order valence-electron chi connectivity index (χ1n) is 11.2. The van der Waals surface area contributed by atoms with Crippen LogP contribution in [0.1, 0.15) is 40.7 Å². The molecule has 0 aliphatic carbocycles. The number of halogens is 1. The smallest absolute Gasteiger partial charge is 0.254 e. The minimum absolute atomic E-state index is 0.00640. The number of likely N-dealkylation sites (N-methyl/N-ethyl adjacent to an activating group) is 1. The van der Waals surface area contributed by atoms with E-state index >= 15 is 0 Å². The Morgan fingerprint density at radius 1 is 1.10 bits per heavy atom. The molecule has 0 unspecified atom stereocenters. The highest BCUT2D eigenvalue weighted by Gasteiger charge is 2.39. The molecule has 31 heavy (non-hydrogen) atoms. The van der Waals surface area contributed by atoms with E-state index in [4.69, 9.17) is 0 Å². The summed E-state index contributed by atoms with van der Waals surface area (Å²) < 4.78 is 13.1. The number of rotatable bonds is 7. The van der Waals surface area contributed by atoms with E-state index in [9.17, 15) is 14.3 Å². The van der Waals surface area contributed by atoms with E-state index in [2.05, 4.69) is 4.90 Å². The Kier molecular flexibility index (Phi) is 6.70. The van der Waals surface area contributed by atoms with Gasteiger partial charge in [-0.1, -0.05) is 30.3 Å². The summed E-state index contributed by atoms with van der Waals surface area (Å²) in [6.45, 7) is 4.95. The minimum Gasteiger partial charge on any atom is -0.387 e. The third-order valence-corrected chi connectivity index (χ3v) is 6.39. The zero-order valence-corrected chi connectivity index (χ0v) is 18.3. The molecule has 0 radical (unpaired) electrons. The van der Waals surface area contributed by atoms with Crippen LogP contribution in [0.5, 0.6) is 0 Å². The van der Waals surface area contributed by atoms with Gasteiger partial charge in [0.1, 0.15) is 5.82 Å². The Labute approximate surface area is 184 Å². The number of benzene rings is 2. The van der Waals surface area contributed by atoms with Crippen molar-refractivity contribution in [2.45, 2.75) is 38.0 Å². The van der Waals surface area contributed by atoms with Gasteiger partial charge in [-0.25, -0.2) is 4.39 Å². The molecule has 0 bridgehead atoms. The Bertz CT molecular complexity index is 898. The molecule has 6 heteroatoms. The zero-order valence-electron chi connectivity index (χ0n) is 18.3. The Morgan fingerprint density at radius 3 is 2.55 bits per heavy atom. The molecule has 0 spiro atoms. The summed E-state index contributed by atoms with van der Waals surface area (Å²) in [6.07, 6.45) is 3.00. The van der Waals surface area contributed by atoms with Gasteiger partial charge in [0, 0.05) is 31.7 Å². The number of carbonyl (C=O) groups is 1. The van der Waals surface area contributed by atoms with E-state index in [-0.39, 0.29) is 11.7 Å². The molecule has 1 N–H and O–H groups in total. The van der Waals surface area contributed by atoms with Gasteiger partial charge in [-0.15, -0.1) is 0 Å². The molecular formula is C25H32FN3O2. The average molecular weight is 426 g/mol. The SMILES string of the molecule is CN(Cc1ccc(F)cc1)C[C@@]1(O)CCN(C(=O)c2ccccc2CN2CCCC2)C1. The van der Waals surface area contributed by atoms with Gasteiger partial charge >= 0.3 is 0 Å². The highest BCUT2D eigenvalue weighted by molar-refractivity contribution is 5.96. The molecule has 2 saturated heterocycles. The van der Waals surface area contributed by atoms with Crippen LogP contribution in [0.15, 0.2) is 48.5 Å². The number of hydrogen-bond acceptors (Lipinski definition) is 4. The van der Waals surface area contributed by atoms with Crippen molar-refractivity contribution in [3.05, 3.63) is 71.0 Å². The van der Waals surface area contributed by atoms with Crippen LogP contribution in [0.3, 0.4) is 0 Å². The number of likely N-dealkylation sites (tertiary alicyclic amines) is 2. The lowest BCUT2D eigenvalue weighted by molar-refractivity contribution is 0.0163. The molecule has 0 saturated carbocycles. The van der Waals surface area contributed by atoms with E-state index in [1.807, 2.05) is 36.2 Å². The van der Waals surface area contributed by atoms with Gasteiger partial charge in [-0.3, -0.25) is 14.6 Å². The maximum atomic E-state index is 13.3. The normalized spacial score (nSPS) is 21.9. The van der Waals surface area contributed by atoms with Crippen molar-refractivity contribution in [2.75, 3.05) is 39.8 Å². The number of aliphatic hydroxyl groups is 1. The Morgan fingerprint density at radius 2 is 1.81 bits per heavy atom. The molecule has 5 nitrogen and oxygen atoms in total. The van der Waals surface area contributed by atoms with Crippen molar-refractivity contribution in [1.29, 1.82) is 0 Å². The summed E-state index contributed by atoms with van der Waals surface area (Å²) in [5.41, 5.74) is 1.87. The molecule has 1 atom stereocenters. The third kappa shape index (κ3) is 5.50. The van der Waals surface area contributed by atoms with Crippen LogP contribution in [-0.2, 0) is 13.1 Å². The molecule has 2 heterocycles. The molecule has 2 aliphatic rings. The van der Waals surface area contributed by atoms with Crippen LogP contribution in [-0.4, -0.2) is 71.1 Å². The van der Waals surface area contributed by atoms with Crippen LogP contribution < -0.4 is 0 Å². The summed E-state index contributed by atoms with van der Waals surface area (Å²) in [6, 6.07) is 14.3. The molecule has 1 amide bonds. The van der Waals surface area contributed by atoms with Crippen molar-refractivity contribution >= 4 is 5.91 Å². The molecular weight excluding hydrogens is 393 g/mol. The van der Waals surface area contributed by atoms with Crippen LogP contribution in [0, 0.1) is 5.82 Å². The number of amides is 1. The fraction of sp³-hybridized carbons (Fsp3) is 0.480. The Balaban J connectivity index is 1.37. The minimum atomic E-state index is -0.936. The monoisotopic (exact) mass is 425 g/mol. The highest BCUT2D eigenvalue weighted by atomic mass is 19.1. The van der Waals surface area contributed by atoms with Crippen molar-refractivity contribution in [3.63, 3.8) is 0 Å². The molecule has 166 valence electrons. The summed E-state index contributed by atoms with van der Waals surface area (Å²) in [5, 5.41) is 11.1. The van der Waals surface area contributed by atoms with Gasteiger partial charge < -0.3 is 10.0 Å². The lowest BCUT2D eigenvalue weighted by atomic mass is 10.0. The zero-order chi connectivity index (χ0) is 21.8. The van der Waals surface area contributed by atoms with Gasteiger partial charge in [-0.05, 0) is 68.7 Å². The van der Waals surface area contributed by atoms with Crippen molar-refractivity contribution < 1.29 is 14.3 Å². The summed E-state index contributed by atoms with van der Waals surface area (Å²) in [4.78, 5) is 19.5. The maximum absolute atomic E-state index is 13.3. The second kappa shape index (κ2) is 9.47. The summed E-state index contributed by atoms with van der Waals surface area (Å²) in [7, 11) is 1.94. The van der Waals surface area contributed by atoms with Gasteiger partial charge in [0.25, 0.3) is 5.91 Å². The quantitative estimate of drug-likeness (QED) is 0.741. The molecule has 0 aromatic heterocycles. The lowest BCUT2D eigenvalue weighted by Gasteiger charge is -2.29. The van der Waals surface area contributed by atoms with E-state index in [0.717, 1.165) is 36.3 Å². The number of nitrogens with zero attached hydrogens (tertiary/aromatic N) is 3. The molecule has 2 fully saturated rings. The first-order valence-corrected chi connectivity index (χ1v) is 11.2. The topological polar surface area (TPSA) is 47.0 Å². The van der Waals surface area contributed by atoms with Gasteiger partial charge in [-0.2, -0.15) is 0 Å². The van der Waals surface area contributed by atoms with E-state index in [1.54, 1.807) is 17.0 Å². The molecule has 2 aromatic carbocycles. The van der Waals surface area contributed by atoms with E-state index < -0.39 is 5.60 Å². The second-order valence-electron chi connectivity index (χ2n) is 9.14. The lowest BCUT2D eigenvalue weighted by Crippen LogP contribution is -2.44. The predicted octanol–water partition coefficient (Wildman–Crippen LogP) is 3.13. The molecule has 2 aliphatic heterocycles. The highest BCUT2D eigenvalue weighted by Crippen LogP contribution is 2.26. The third-order valence-electron chi connectivity index (χ3n) is 6.39. The van der Waals surface area contributed by atoms with Crippen LogP contribution in [0.4, 0.5) is 4.39 Å². The van der Waals surface area contributed by atoms with Crippen LogP contribution >= 0.6 is 0 Å². The van der Waals surface area contributed by atoms with Crippen molar-refractivity contribution in [2.24, 2.45) is 0 Å². The van der Waals surface area contributed by atoms with Crippen LogP contribution in [0.2, 0.25) is 0 Å². The van der Waals surface area contributed by atoms with Gasteiger partial charge in [0.05, 0.1) is 12.1 Å². The second-order valence-corrected chi connectivity index (χ2v) is 9.14. The average Bonchev–Trinajstić information content (AvgIpc) is 3.39. The standard InChI is InChI=1S/C25H32FN3O2/c1-27(16-20-8-10-22(26)11-9-20)18-25(31)12-15-29(19-25)24(30)23-7-3-2-6-21(23)17-28-13-4-5-14-28/h2-3,6-11,31H,4-5,12-19H2,1H3/t25-/m0/s1.